The Morgan fingerprint density at radius 2 is 1.73 bits per heavy atom. The average molecular weight is 381 g/mol. The number of sulfonamides is 1. The molecule has 1 saturated heterocycles. The Balaban J connectivity index is 1.95. The fourth-order valence-corrected chi connectivity index (χ4v) is 4.54. The summed E-state index contributed by atoms with van der Waals surface area (Å²) in [4.78, 5) is 25.6. The molecule has 8 heteroatoms. The first-order valence-corrected chi connectivity index (χ1v) is 10.3. The first-order chi connectivity index (χ1) is 12.2. The van der Waals surface area contributed by atoms with E-state index in [9.17, 15) is 18.0 Å². The van der Waals surface area contributed by atoms with E-state index < -0.39 is 10.0 Å². The normalized spacial score (nSPS) is 15.2. The first kappa shape index (κ1) is 20.4. The lowest BCUT2D eigenvalue weighted by Gasteiger charge is -2.25. The standard InChI is InChI=1S/C18H27N3O4S/c1-14(2)21(15(3)22)13-10-19-18(23)16-6-8-17(9-7-16)26(24,25)20-11-4-5-12-20/h6-9,14H,4-5,10-13H2,1-3H3,(H,19,23). The molecule has 0 spiro atoms. The quantitative estimate of drug-likeness (QED) is 0.775. The van der Waals surface area contributed by atoms with Gasteiger partial charge in [0.2, 0.25) is 15.9 Å². The van der Waals surface area contributed by atoms with Crippen molar-refractivity contribution < 1.29 is 18.0 Å². The van der Waals surface area contributed by atoms with Gasteiger partial charge in [0.15, 0.2) is 0 Å². The highest BCUT2D eigenvalue weighted by atomic mass is 32.2. The summed E-state index contributed by atoms with van der Waals surface area (Å²) < 4.78 is 26.4. The fraction of sp³-hybridized carbons (Fsp3) is 0.556. The Kier molecular flexibility index (Phi) is 6.77. The molecule has 0 atom stereocenters. The molecule has 1 N–H and O–H groups in total. The van der Waals surface area contributed by atoms with Gasteiger partial charge in [-0.1, -0.05) is 0 Å². The molecule has 0 unspecified atom stereocenters. The SMILES string of the molecule is CC(=O)N(CCNC(=O)c1ccc(S(=O)(=O)N2CCCC2)cc1)C(C)C. The van der Waals surface area contributed by atoms with Crippen molar-refractivity contribution in [3.63, 3.8) is 0 Å². The lowest BCUT2D eigenvalue weighted by molar-refractivity contribution is -0.130. The molecule has 1 aliphatic rings. The van der Waals surface area contributed by atoms with Crippen LogP contribution in [0.15, 0.2) is 29.2 Å². The third-order valence-corrected chi connectivity index (χ3v) is 6.40. The first-order valence-electron chi connectivity index (χ1n) is 8.89. The third kappa shape index (κ3) is 4.82. The van der Waals surface area contributed by atoms with Gasteiger partial charge in [0.05, 0.1) is 4.90 Å². The number of hydrogen-bond donors (Lipinski definition) is 1. The maximum Gasteiger partial charge on any atom is 0.251 e. The molecule has 1 aliphatic heterocycles. The van der Waals surface area contributed by atoms with Crippen LogP contribution in [0.3, 0.4) is 0 Å². The van der Waals surface area contributed by atoms with Crippen LogP contribution in [-0.4, -0.2) is 61.7 Å². The number of rotatable bonds is 7. The Morgan fingerprint density at radius 3 is 2.23 bits per heavy atom. The van der Waals surface area contributed by atoms with Crippen LogP contribution in [0.5, 0.6) is 0 Å². The molecular weight excluding hydrogens is 354 g/mol. The van der Waals surface area contributed by atoms with Crippen LogP contribution < -0.4 is 5.32 Å². The van der Waals surface area contributed by atoms with Gasteiger partial charge in [0.25, 0.3) is 5.91 Å². The van der Waals surface area contributed by atoms with E-state index in [0.29, 0.717) is 31.7 Å². The van der Waals surface area contributed by atoms with Crippen LogP contribution in [0.1, 0.15) is 44.0 Å². The van der Waals surface area contributed by atoms with Crippen molar-refractivity contribution in [3.8, 4) is 0 Å². The van der Waals surface area contributed by atoms with Crippen molar-refractivity contribution in [2.45, 2.75) is 44.6 Å². The summed E-state index contributed by atoms with van der Waals surface area (Å²) in [5, 5.41) is 2.76. The van der Waals surface area contributed by atoms with Crippen molar-refractivity contribution in [2.75, 3.05) is 26.2 Å². The molecule has 1 heterocycles. The van der Waals surface area contributed by atoms with Crippen LogP contribution >= 0.6 is 0 Å². The highest BCUT2D eigenvalue weighted by Gasteiger charge is 2.27. The van der Waals surface area contributed by atoms with Crippen molar-refractivity contribution in [1.29, 1.82) is 0 Å². The Hall–Kier alpha value is -1.93. The molecule has 1 aromatic carbocycles. The van der Waals surface area contributed by atoms with Gasteiger partial charge >= 0.3 is 0 Å². The molecule has 0 radical (unpaired) electrons. The summed E-state index contributed by atoms with van der Waals surface area (Å²) in [6.07, 6.45) is 1.76. The summed E-state index contributed by atoms with van der Waals surface area (Å²) in [6, 6.07) is 6.05. The van der Waals surface area contributed by atoms with Crippen molar-refractivity contribution in [2.24, 2.45) is 0 Å². The molecule has 26 heavy (non-hydrogen) atoms. The number of amides is 2. The van der Waals surface area contributed by atoms with Crippen LogP contribution in [0, 0.1) is 0 Å². The van der Waals surface area contributed by atoms with E-state index in [1.807, 2.05) is 13.8 Å². The van der Waals surface area contributed by atoms with E-state index in [4.69, 9.17) is 0 Å². The minimum absolute atomic E-state index is 0.0364. The maximum absolute atomic E-state index is 12.5. The molecule has 0 aliphatic carbocycles. The Labute approximate surface area is 155 Å². The third-order valence-electron chi connectivity index (χ3n) is 4.49. The van der Waals surface area contributed by atoms with E-state index >= 15 is 0 Å². The van der Waals surface area contributed by atoms with Gasteiger partial charge in [-0.25, -0.2) is 8.42 Å². The zero-order valence-corrected chi connectivity index (χ0v) is 16.4. The molecule has 0 bridgehead atoms. The smallest absolute Gasteiger partial charge is 0.251 e. The van der Waals surface area contributed by atoms with Crippen LogP contribution in [-0.2, 0) is 14.8 Å². The molecule has 7 nitrogen and oxygen atoms in total. The van der Waals surface area contributed by atoms with Gasteiger partial charge < -0.3 is 10.2 Å². The van der Waals surface area contributed by atoms with E-state index in [0.717, 1.165) is 12.8 Å². The highest BCUT2D eigenvalue weighted by Crippen LogP contribution is 2.21. The van der Waals surface area contributed by atoms with Gasteiger partial charge in [0.1, 0.15) is 0 Å². The van der Waals surface area contributed by atoms with Crippen LogP contribution in [0.25, 0.3) is 0 Å². The predicted octanol–water partition coefficient (Wildman–Crippen LogP) is 1.46. The number of nitrogens with zero attached hydrogens (tertiary/aromatic N) is 2. The minimum atomic E-state index is -3.47. The van der Waals surface area contributed by atoms with Crippen LogP contribution in [0.4, 0.5) is 0 Å². The molecule has 0 saturated carbocycles. The Morgan fingerprint density at radius 1 is 1.15 bits per heavy atom. The number of carbonyl (C=O) groups excluding carboxylic acids is 2. The maximum atomic E-state index is 12.5. The van der Waals surface area contributed by atoms with Gasteiger partial charge in [-0.3, -0.25) is 9.59 Å². The molecular formula is C18H27N3O4S. The second-order valence-electron chi connectivity index (χ2n) is 6.70. The zero-order valence-electron chi connectivity index (χ0n) is 15.6. The zero-order chi connectivity index (χ0) is 19.3. The van der Waals surface area contributed by atoms with Crippen molar-refractivity contribution >= 4 is 21.8 Å². The molecule has 2 rings (SSSR count). The summed E-state index contributed by atoms with van der Waals surface area (Å²) in [7, 11) is -3.47. The fourth-order valence-electron chi connectivity index (χ4n) is 3.03. The number of hydrogen-bond acceptors (Lipinski definition) is 4. The molecule has 1 fully saturated rings. The number of nitrogens with one attached hydrogen (secondary N) is 1. The highest BCUT2D eigenvalue weighted by molar-refractivity contribution is 7.89. The lowest BCUT2D eigenvalue weighted by atomic mass is 10.2. The Bertz CT molecular complexity index is 738. The van der Waals surface area contributed by atoms with Crippen molar-refractivity contribution in [1.82, 2.24) is 14.5 Å². The van der Waals surface area contributed by atoms with Crippen LogP contribution in [0.2, 0.25) is 0 Å². The number of benzene rings is 1. The topological polar surface area (TPSA) is 86.8 Å². The van der Waals surface area contributed by atoms with Gasteiger partial charge in [-0.2, -0.15) is 4.31 Å². The molecule has 0 aromatic heterocycles. The molecule has 144 valence electrons. The van der Waals surface area contributed by atoms with E-state index in [2.05, 4.69) is 5.32 Å². The monoisotopic (exact) mass is 381 g/mol. The largest absolute Gasteiger partial charge is 0.350 e. The second kappa shape index (κ2) is 8.64. The predicted molar refractivity (Wildman–Crippen MR) is 99.3 cm³/mol. The lowest BCUT2D eigenvalue weighted by Crippen LogP contribution is -2.41. The van der Waals surface area contributed by atoms with Gasteiger partial charge in [-0.15, -0.1) is 0 Å². The number of carbonyl (C=O) groups is 2. The molecule has 1 aromatic rings. The minimum Gasteiger partial charge on any atom is -0.350 e. The van der Waals surface area contributed by atoms with Gasteiger partial charge in [0, 0.05) is 44.7 Å². The summed E-state index contributed by atoms with van der Waals surface area (Å²) in [6.45, 7) is 7.21. The summed E-state index contributed by atoms with van der Waals surface area (Å²) in [5.41, 5.74) is 0.393. The van der Waals surface area contributed by atoms with E-state index in [-0.39, 0.29) is 22.8 Å². The van der Waals surface area contributed by atoms with E-state index in [1.165, 1.54) is 35.5 Å². The molecule has 2 amide bonds. The average Bonchev–Trinajstić information content (AvgIpc) is 3.13. The second-order valence-corrected chi connectivity index (χ2v) is 8.64. The summed E-state index contributed by atoms with van der Waals surface area (Å²) in [5.74, 6) is -0.326. The van der Waals surface area contributed by atoms with E-state index in [1.54, 1.807) is 4.90 Å². The van der Waals surface area contributed by atoms with Gasteiger partial charge in [-0.05, 0) is 51.0 Å². The summed E-state index contributed by atoms with van der Waals surface area (Å²) >= 11 is 0. The van der Waals surface area contributed by atoms with Crippen molar-refractivity contribution in [3.05, 3.63) is 29.8 Å².